The first-order valence-electron chi connectivity index (χ1n) is 9.17. The van der Waals surface area contributed by atoms with Gasteiger partial charge in [0.25, 0.3) is 0 Å². The molecule has 1 heterocycles. The number of carbonyl (C=O) groups excluding carboxylic acids is 1. The van der Waals surface area contributed by atoms with Crippen LogP contribution in [0.2, 0.25) is 0 Å². The number of nitriles is 1. The van der Waals surface area contributed by atoms with Crippen molar-refractivity contribution < 1.29 is 14.3 Å². The van der Waals surface area contributed by atoms with Crippen LogP contribution >= 0.6 is 11.8 Å². The van der Waals surface area contributed by atoms with E-state index < -0.39 is 0 Å². The number of hydrogen-bond acceptors (Lipinski definition) is 6. The molecule has 1 N–H and O–H groups in total. The van der Waals surface area contributed by atoms with Gasteiger partial charge in [-0.25, -0.2) is 4.98 Å². The molecule has 3 aromatic rings. The lowest BCUT2D eigenvalue weighted by molar-refractivity contribution is -0.113. The Morgan fingerprint density at radius 3 is 2.60 bits per heavy atom. The first-order chi connectivity index (χ1) is 14.5. The fourth-order valence-electron chi connectivity index (χ4n) is 2.85. The lowest BCUT2D eigenvalue weighted by Gasteiger charge is -2.11. The van der Waals surface area contributed by atoms with Gasteiger partial charge < -0.3 is 14.8 Å². The Labute approximate surface area is 179 Å². The minimum atomic E-state index is -0.159. The largest absolute Gasteiger partial charge is 0.493 e. The Balaban J connectivity index is 1.78. The van der Waals surface area contributed by atoms with E-state index in [0.717, 1.165) is 16.8 Å². The molecule has 0 saturated heterocycles. The summed E-state index contributed by atoms with van der Waals surface area (Å²) in [6, 6.07) is 18.7. The highest BCUT2D eigenvalue weighted by Crippen LogP contribution is 2.33. The number of carbonyl (C=O) groups is 1. The molecule has 2 aromatic carbocycles. The minimum Gasteiger partial charge on any atom is -0.493 e. The van der Waals surface area contributed by atoms with Crippen LogP contribution in [0.15, 0.2) is 59.6 Å². The highest BCUT2D eigenvalue weighted by Gasteiger charge is 2.13. The van der Waals surface area contributed by atoms with Crippen LogP contribution in [0.3, 0.4) is 0 Å². The van der Waals surface area contributed by atoms with E-state index in [9.17, 15) is 10.1 Å². The number of anilines is 1. The Morgan fingerprint density at radius 2 is 1.90 bits per heavy atom. The molecule has 6 nitrogen and oxygen atoms in total. The summed E-state index contributed by atoms with van der Waals surface area (Å²) in [6.45, 7) is 1.97. The topological polar surface area (TPSA) is 84.2 Å². The maximum Gasteiger partial charge on any atom is 0.234 e. The van der Waals surface area contributed by atoms with Gasteiger partial charge in [-0.05, 0) is 55.0 Å². The van der Waals surface area contributed by atoms with Gasteiger partial charge in [-0.2, -0.15) is 5.26 Å². The van der Waals surface area contributed by atoms with Crippen molar-refractivity contribution in [2.75, 3.05) is 25.3 Å². The van der Waals surface area contributed by atoms with Crippen molar-refractivity contribution >= 4 is 23.4 Å². The molecule has 0 aliphatic rings. The summed E-state index contributed by atoms with van der Waals surface area (Å²) in [5.74, 6) is 1.20. The Hall–Kier alpha value is -3.50. The van der Waals surface area contributed by atoms with Crippen LogP contribution < -0.4 is 14.8 Å². The second kappa shape index (κ2) is 9.81. The van der Waals surface area contributed by atoms with E-state index >= 15 is 0 Å². The standard InChI is InChI=1S/C23H21N3O3S/c1-15-5-4-6-18(11-15)25-22(27)14-30-23-17(13-24)7-9-19(26-23)16-8-10-20(28-2)21(12-16)29-3/h4-12H,14H2,1-3H3,(H,25,27). The summed E-state index contributed by atoms with van der Waals surface area (Å²) < 4.78 is 10.6. The van der Waals surface area contributed by atoms with Crippen molar-refractivity contribution in [2.24, 2.45) is 0 Å². The molecule has 0 aliphatic carbocycles. The van der Waals surface area contributed by atoms with Crippen molar-refractivity contribution in [3.8, 4) is 28.8 Å². The third kappa shape index (κ3) is 5.10. The number of nitrogens with zero attached hydrogens (tertiary/aromatic N) is 2. The maximum atomic E-state index is 12.3. The van der Waals surface area contributed by atoms with Crippen LogP contribution in [0.4, 0.5) is 5.69 Å². The molecule has 0 bridgehead atoms. The van der Waals surface area contributed by atoms with Crippen molar-refractivity contribution in [3.05, 3.63) is 65.7 Å². The molecular formula is C23H21N3O3S. The number of hydrogen-bond donors (Lipinski definition) is 1. The molecule has 1 aromatic heterocycles. The third-order valence-electron chi connectivity index (χ3n) is 4.30. The number of aromatic nitrogens is 1. The summed E-state index contributed by atoms with van der Waals surface area (Å²) in [4.78, 5) is 16.9. The highest BCUT2D eigenvalue weighted by atomic mass is 32.2. The van der Waals surface area contributed by atoms with Crippen LogP contribution in [0.25, 0.3) is 11.3 Å². The van der Waals surface area contributed by atoms with Crippen LogP contribution in [0, 0.1) is 18.3 Å². The molecule has 0 atom stereocenters. The van der Waals surface area contributed by atoms with Gasteiger partial charge in [0.1, 0.15) is 11.1 Å². The molecule has 30 heavy (non-hydrogen) atoms. The Bertz CT molecular complexity index is 1110. The number of methoxy groups -OCH3 is 2. The number of ether oxygens (including phenoxy) is 2. The number of pyridine rings is 1. The summed E-state index contributed by atoms with van der Waals surface area (Å²) in [5.41, 5.74) is 3.73. The lowest BCUT2D eigenvalue weighted by atomic mass is 10.1. The van der Waals surface area contributed by atoms with Crippen molar-refractivity contribution in [2.45, 2.75) is 11.9 Å². The van der Waals surface area contributed by atoms with E-state index in [1.165, 1.54) is 11.8 Å². The number of aryl methyl sites for hydroxylation is 1. The fourth-order valence-corrected chi connectivity index (χ4v) is 3.62. The van der Waals surface area contributed by atoms with Gasteiger partial charge in [0.05, 0.1) is 31.2 Å². The van der Waals surface area contributed by atoms with Gasteiger partial charge in [-0.1, -0.05) is 23.9 Å². The van der Waals surface area contributed by atoms with Crippen molar-refractivity contribution in [1.82, 2.24) is 4.98 Å². The van der Waals surface area contributed by atoms with E-state index in [-0.39, 0.29) is 11.7 Å². The zero-order chi connectivity index (χ0) is 21.5. The molecule has 3 rings (SSSR count). The van der Waals surface area contributed by atoms with Crippen molar-refractivity contribution in [3.63, 3.8) is 0 Å². The van der Waals surface area contributed by atoms with E-state index in [0.29, 0.717) is 27.8 Å². The number of thioether (sulfide) groups is 1. The van der Waals surface area contributed by atoms with Gasteiger partial charge in [-0.15, -0.1) is 0 Å². The second-order valence-electron chi connectivity index (χ2n) is 6.44. The van der Waals surface area contributed by atoms with Crippen LogP contribution in [0.5, 0.6) is 11.5 Å². The van der Waals surface area contributed by atoms with Crippen molar-refractivity contribution in [1.29, 1.82) is 5.26 Å². The first kappa shape index (κ1) is 21.2. The SMILES string of the molecule is COc1ccc(-c2ccc(C#N)c(SCC(=O)Nc3cccc(C)c3)n2)cc1OC. The number of rotatable bonds is 7. The normalized spacial score (nSPS) is 10.2. The average molecular weight is 420 g/mol. The van der Waals surface area contributed by atoms with Gasteiger partial charge in [0, 0.05) is 11.3 Å². The second-order valence-corrected chi connectivity index (χ2v) is 7.40. The van der Waals surface area contributed by atoms with Crippen LogP contribution in [-0.2, 0) is 4.79 Å². The predicted molar refractivity (Wildman–Crippen MR) is 118 cm³/mol. The zero-order valence-electron chi connectivity index (χ0n) is 16.9. The smallest absolute Gasteiger partial charge is 0.234 e. The average Bonchev–Trinajstić information content (AvgIpc) is 2.77. The third-order valence-corrected chi connectivity index (χ3v) is 5.29. The summed E-state index contributed by atoms with van der Waals surface area (Å²) >= 11 is 1.23. The van der Waals surface area contributed by atoms with E-state index in [2.05, 4.69) is 16.4 Å². The number of amides is 1. The van der Waals surface area contributed by atoms with E-state index in [1.807, 2.05) is 43.3 Å². The summed E-state index contributed by atoms with van der Waals surface area (Å²) in [6.07, 6.45) is 0. The minimum absolute atomic E-state index is 0.144. The first-order valence-corrected chi connectivity index (χ1v) is 10.2. The molecule has 7 heteroatoms. The monoisotopic (exact) mass is 419 g/mol. The quantitative estimate of drug-likeness (QED) is 0.560. The molecule has 0 fully saturated rings. The molecule has 1 amide bonds. The molecule has 152 valence electrons. The maximum absolute atomic E-state index is 12.3. The molecule has 0 saturated carbocycles. The Kier molecular flexibility index (Phi) is 6.94. The van der Waals surface area contributed by atoms with Crippen LogP contribution in [-0.4, -0.2) is 30.9 Å². The fraction of sp³-hybridized carbons (Fsp3) is 0.174. The van der Waals surface area contributed by atoms with Gasteiger partial charge >= 0.3 is 0 Å². The molecular weight excluding hydrogens is 398 g/mol. The van der Waals surface area contributed by atoms with Crippen LogP contribution in [0.1, 0.15) is 11.1 Å². The molecule has 0 unspecified atom stereocenters. The molecule has 0 radical (unpaired) electrons. The highest BCUT2D eigenvalue weighted by molar-refractivity contribution is 8.00. The number of benzene rings is 2. The van der Waals surface area contributed by atoms with Gasteiger partial charge in [0.15, 0.2) is 11.5 Å². The summed E-state index contributed by atoms with van der Waals surface area (Å²) in [7, 11) is 3.15. The van der Waals surface area contributed by atoms with E-state index in [4.69, 9.17) is 9.47 Å². The number of nitrogens with one attached hydrogen (secondary N) is 1. The molecule has 0 spiro atoms. The van der Waals surface area contributed by atoms with Gasteiger partial charge in [0.2, 0.25) is 5.91 Å². The Morgan fingerprint density at radius 1 is 1.10 bits per heavy atom. The molecule has 0 aliphatic heterocycles. The van der Waals surface area contributed by atoms with E-state index in [1.54, 1.807) is 32.4 Å². The lowest BCUT2D eigenvalue weighted by Crippen LogP contribution is -2.14. The summed E-state index contributed by atoms with van der Waals surface area (Å²) in [5, 5.41) is 12.8. The predicted octanol–water partition coefficient (Wildman–Crippen LogP) is 4.68. The zero-order valence-corrected chi connectivity index (χ0v) is 17.7. The van der Waals surface area contributed by atoms with Gasteiger partial charge in [-0.3, -0.25) is 4.79 Å².